The SMILES string of the molecule is C#CCSCCNC(=O)c1ccn(-c2cccc(N)c2)n1. The molecule has 0 saturated heterocycles. The van der Waals surface area contributed by atoms with Crippen molar-refractivity contribution in [3.05, 3.63) is 42.2 Å². The van der Waals surface area contributed by atoms with Crippen molar-refractivity contribution in [2.45, 2.75) is 0 Å². The van der Waals surface area contributed by atoms with Gasteiger partial charge >= 0.3 is 0 Å². The molecule has 0 unspecified atom stereocenters. The molecule has 1 aromatic heterocycles. The second-order valence-corrected chi connectivity index (χ2v) is 5.36. The van der Waals surface area contributed by atoms with Gasteiger partial charge < -0.3 is 11.1 Å². The number of hydrogen-bond acceptors (Lipinski definition) is 4. The lowest BCUT2D eigenvalue weighted by Gasteiger charge is -2.03. The predicted molar refractivity (Wildman–Crippen MR) is 86.5 cm³/mol. The van der Waals surface area contributed by atoms with Gasteiger partial charge in [-0.2, -0.15) is 5.10 Å². The molecule has 108 valence electrons. The summed E-state index contributed by atoms with van der Waals surface area (Å²) in [5, 5.41) is 7.05. The highest BCUT2D eigenvalue weighted by atomic mass is 32.2. The van der Waals surface area contributed by atoms with Crippen molar-refractivity contribution in [3.8, 4) is 18.0 Å². The number of nitrogens with two attached hydrogens (primary N) is 1. The van der Waals surface area contributed by atoms with E-state index < -0.39 is 0 Å². The topological polar surface area (TPSA) is 72.9 Å². The van der Waals surface area contributed by atoms with Gasteiger partial charge in [-0.15, -0.1) is 18.2 Å². The van der Waals surface area contributed by atoms with Crippen LogP contribution >= 0.6 is 11.8 Å². The van der Waals surface area contributed by atoms with Gasteiger partial charge in [0, 0.05) is 24.2 Å². The molecule has 1 heterocycles. The zero-order valence-corrected chi connectivity index (χ0v) is 12.3. The van der Waals surface area contributed by atoms with E-state index in [1.807, 2.05) is 12.1 Å². The standard InChI is InChI=1S/C15H16N4OS/c1-2-9-21-10-7-17-15(20)14-6-8-19(18-14)13-5-3-4-12(16)11-13/h1,3-6,8,11H,7,9-10,16H2,(H,17,20). The summed E-state index contributed by atoms with van der Waals surface area (Å²) in [6.07, 6.45) is 6.88. The summed E-state index contributed by atoms with van der Waals surface area (Å²) in [7, 11) is 0. The van der Waals surface area contributed by atoms with Crippen molar-refractivity contribution >= 4 is 23.4 Å². The summed E-state index contributed by atoms with van der Waals surface area (Å²) in [4.78, 5) is 11.9. The molecule has 0 aliphatic heterocycles. The number of benzene rings is 1. The van der Waals surface area contributed by atoms with Crippen LogP contribution in [0.3, 0.4) is 0 Å². The molecule has 0 fully saturated rings. The number of hydrogen-bond donors (Lipinski definition) is 2. The average Bonchev–Trinajstić information content (AvgIpc) is 2.97. The van der Waals surface area contributed by atoms with Gasteiger partial charge in [-0.25, -0.2) is 4.68 Å². The molecule has 0 bridgehead atoms. The number of nitrogens with zero attached hydrogens (tertiary/aromatic N) is 2. The lowest BCUT2D eigenvalue weighted by atomic mass is 10.3. The normalized spacial score (nSPS) is 10.0. The number of nitrogens with one attached hydrogen (secondary N) is 1. The monoisotopic (exact) mass is 300 g/mol. The number of amides is 1. The molecule has 21 heavy (non-hydrogen) atoms. The minimum absolute atomic E-state index is 0.195. The van der Waals surface area contributed by atoms with Crippen molar-refractivity contribution in [1.29, 1.82) is 0 Å². The Morgan fingerprint density at radius 2 is 2.33 bits per heavy atom. The maximum Gasteiger partial charge on any atom is 0.271 e. The van der Waals surface area contributed by atoms with E-state index in [0.717, 1.165) is 11.4 Å². The Hall–Kier alpha value is -2.39. The molecule has 2 aromatic rings. The number of thioether (sulfide) groups is 1. The molecule has 0 radical (unpaired) electrons. The van der Waals surface area contributed by atoms with Gasteiger partial charge in [0.2, 0.25) is 0 Å². The van der Waals surface area contributed by atoms with E-state index >= 15 is 0 Å². The minimum atomic E-state index is -0.195. The van der Waals surface area contributed by atoms with Crippen LogP contribution in [0.1, 0.15) is 10.5 Å². The second kappa shape index (κ2) is 7.41. The van der Waals surface area contributed by atoms with Gasteiger partial charge in [0.15, 0.2) is 5.69 Å². The highest BCUT2D eigenvalue weighted by molar-refractivity contribution is 7.99. The van der Waals surface area contributed by atoms with Crippen LogP contribution in [0.4, 0.5) is 5.69 Å². The first-order valence-electron chi connectivity index (χ1n) is 6.41. The van der Waals surface area contributed by atoms with Crippen LogP contribution in [0.25, 0.3) is 5.69 Å². The average molecular weight is 300 g/mol. The van der Waals surface area contributed by atoms with E-state index in [-0.39, 0.29) is 5.91 Å². The predicted octanol–water partition coefficient (Wildman–Crippen LogP) is 1.55. The molecule has 2 rings (SSSR count). The molecule has 0 atom stereocenters. The zero-order valence-electron chi connectivity index (χ0n) is 11.5. The van der Waals surface area contributed by atoms with Crippen LogP contribution in [0, 0.1) is 12.3 Å². The van der Waals surface area contributed by atoms with Crippen LogP contribution in [-0.2, 0) is 0 Å². The third-order valence-electron chi connectivity index (χ3n) is 2.67. The molecule has 6 heteroatoms. The number of carbonyl (C=O) groups is 1. The largest absolute Gasteiger partial charge is 0.399 e. The highest BCUT2D eigenvalue weighted by Crippen LogP contribution is 2.11. The molecule has 1 amide bonds. The van der Waals surface area contributed by atoms with Gasteiger partial charge in [-0.3, -0.25) is 4.79 Å². The fourth-order valence-electron chi connectivity index (χ4n) is 1.71. The zero-order chi connectivity index (χ0) is 15.1. The Bertz CT molecular complexity index is 660. The number of terminal acetylenes is 1. The maximum atomic E-state index is 11.9. The molecule has 0 aliphatic rings. The summed E-state index contributed by atoms with van der Waals surface area (Å²) in [5.41, 5.74) is 7.58. The van der Waals surface area contributed by atoms with Gasteiger partial charge in [0.1, 0.15) is 0 Å². The Morgan fingerprint density at radius 3 is 3.10 bits per heavy atom. The van der Waals surface area contributed by atoms with Gasteiger partial charge in [-0.1, -0.05) is 12.0 Å². The van der Waals surface area contributed by atoms with Gasteiger partial charge in [0.25, 0.3) is 5.91 Å². The number of nitrogen functional groups attached to an aromatic ring is 1. The Morgan fingerprint density at radius 1 is 1.48 bits per heavy atom. The number of aromatic nitrogens is 2. The van der Waals surface area contributed by atoms with Crippen molar-refractivity contribution in [1.82, 2.24) is 15.1 Å². The molecule has 0 aliphatic carbocycles. The first kappa shape index (κ1) is 15.0. The van der Waals surface area contributed by atoms with E-state index in [1.54, 1.807) is 40.8 Å². The second-order valence-electron chi connectivity index (χ2n) is 4.25. The first-order valence-corrected chi connectivity index (χ1v) is 7.57. The molecule has 1 aromatic carbocycles. The molecule has 3 N–H and O–H groups in total. The fraction of sp³-hybridized carbons (Fsp3) is 0.200. The molecule has 0 saturated carbocycles. The molecular formula is C15H16N4OS. The van der Waals surface area contributed by atoms with E-state index in [1.165, 1.54) is 0 Å². The smallest absolute Gasteiger partial charge is 0.271 e. The van der Waals surface area contributed by atoms with Gasteiger partial charge in [0.05, 0.1) is 11.4 Å². The highest BCUT2D eigenvalue weighted by Gasteiger charge is 2.09. The van der Waals surface area contributed by atoms with E-state index in [2.05, 4.69) is 16.3 Å². The quantitative estimate of drug-likeness (QED) is 0.482. The summed E-state index contributed by atoms with van der Waals surface area (Å²) >= 11 is 1.60. The Labute approximate surface area is 127 Å². The summed E-state index contributed by atoms with van der Waals surface area (Å²) < 4.78 is 1.62. The van der Waals surface area contributed by atoms with Crippen molar-refractivity contribution in [2.75, 3.05) is 23.8 Å². The van der Waals surface area contributed by atoms with Crippen molar-refractivity contribution in [3.63, 3.8) is 0 Å². The van der Waals surface area contributed by atoms with Crippen LogP contribution in [0.2, 0.25) is 0 Å². The Kier molecular flexibility index (Phi) is 5.29. The van der Waals surface area contributed by atoms with Crippen LogP contribution in [0.5, 0.6) is 0 Å². The molecule has 5 nitrogen and oxygen atoms in total. The van der Waals surface area contributed by atoms with Crippen molar-refractivity contribution < 1.29 is 4.79 Å². The van der Waals surface area contributed by atoms with Crippen LogP contribution in [0.15, 0.2) is 36.5 Å². The van der Waals surface area contributed by atoms with Crippen molar-refractivity contribution in [2.24, 2.45) is 0 Å². The summed E-state index contributed by atoms with van der Waals surface area (Å²) in [6, 6.07) is 8.99. The number of carbonyl (C=O) groups excluding carboxylic acids is 1. The third-order valence-corrected chi connectivity index (χ3v) is 3.54. The molecule has 0 spiro atoms. The lowest BCUT2D eigenvalue weighted by Crippen LogP contribution is -2.26. The fourth-order valence-corrected chi connectivity index (χ4v) is 2.22. The van der Waals surface area contributed by atoms with Gasteiger partial charge in [-0.05, 0) is 24.3 Å². The Balaban J connectivity index is 1.93. The van der Waals surface area contributed by atoms with E-state index in [9.17, 15) is 4.79 Å². The maximum absolute atomic E-state index is 11.9. The number of rotatable bonds is 6. The first-order chi connectivity index (χ1) is 10.2. The minimum Gasteiger partial charge on any atom is -0.399 e. The summed E-state index contributed by atoms with van der Waals surface area (Å²) in [5.74, 6) is 3.78. The lowest BCUT2D eigenvalue weighted by molar-refractivity contribution is 0.0951. The van der Waals surface area contributed by atoms with E-state index in [4.69, 9.17) is 12.2 Å². The number of anilines is 1. The summed E-state index contributed by atoms with van der Waals surface area (Å²) in [6.45, 7) is 0.566. The van der Waals surface area contributed by atoms with E-state index in [0.29, 0.717) is 23.7 Å². The molecular weight excluding hydrogens is 284 g/mol. The third kappa shape index (κ3) is 4.29. The van der Waals surface area contributed by atoms with Crippen LogP contribution < -0.4 is 11.1 Å². The van der Waals surface area contributed by atoms with Crippen LogP contribution in [-0.4, -0.2) is 33.7 Å².